The summed E-state index contributed by atoms with van der Waals surface area (Å²) in [6.45, 7) is 2.71. The first kappa shape index (κ1) is 25.6. The summed E-state index contributed by atoms with van der Waals surface area (Å²) < 4.78 is 57.6. The van der Waals surface area contributed by atoms with E-state index in [0.29, 0.717) is 31.7 Å². The first-order valence-corrected chi connectivity index (χ1v) is 12.3. The van der Waals surface area contributed by atoms with Crippen LogP contribution in [0.2, 0.25) is 0 Å². The first-order chi connectivity index (χ1) is 18.1. The third-order valence-corrected chi connectivity index (χ3v) is 7.34. The lowest BCUT2D eigenvalue weighted by molar-refractivity contribution is -0.138. The van der Waals surface area contributed by atoms with E-state index in [9.17, 15) is 27.6 Å². The maximum atomic E-state index is 14.6. The Morgan fingerprint density at radius 2 is 1.82 bits per heavy atom. The number of nitriles is 1. The molecule has 0 N–H and O–H groups in total. The number of carbonyl (C=O) groups excluding carboxylic acids is 1. The molecule has 0 bridgehead atoms. The molecule has 0 unspecified atom stereocenters. The van der Waals surface area contributed by atoms with Gasteiger partial charge in [0.15, 0.2) is 5.82 Å². The van der Waals surface area contributed by atoms with Gasteiger partial charge in [0.25, 0.3) is 0 Å². The highest BCUT2D eigenvalue weighted by atomic mass is 19.4. The Labute approximate surface area is 217 Å². The van der Waals surface area contributed by atoms with Crippen molar-refractivity contribution in [3.05, 3.63) is 76.7 Å². The summed E-state index contributed by atoms with van der Waals surface area (Å²) in [6.07, 6.45) is -1.76. The Hall–Kier alpha value is -4.07. The molecule has 2 aliphatic rings. The summed E-state index contributed by atoms with van der Waals surface area (Å²) in [4.78, 5) is 18.7. The fourth-order valence-corrected chi connectivity index (χ4v) is 5.54. The number of nitrogens with zero attached hydrogens (tertiary/aromatic N) is 6. The number of anilines is 2. The van der Waals surface area contributed by atoms with E-state index in [1.807, 2.05) is 11.0 Å². The van der Waals surface area contributed by atoms with Crippen LogP contribution in [0.25, 0.3) is 0 Å². The zero-order chi connectivity index (χ0) is 27.2. The molecule has 3 heterocycles. The van der Waals surface area contributed by atoms with Crippen molar-refractivity contribution < 1.29 is 22.4 Å². The van der Waals surface area contributed by atoms with Gasteiger partial charge in [-0.15, -0.1) is 0 Å². The Morgan fingerprint density at radius 3 is 2.50 bits per heavy atom. The second-order valence-electron chi connectivity index (χ2n) is 9.66. The van der Waals surface area contributed by atoms with E-state index in [0.717, 1.165) is 11.6 Å². The normalized spacial score (nSPS) is 17.4. The number of urea groups is 1. The van der Waals surface area contributed by atoms with E-state index in [2.05, 4.69) is 5.10 Å². The number of amides is 2. The van der Waals surface area contributed by atoms with Gasteiger partial charge >= 0.3 is 12.2 Å². The van der Waals surface area contributed by atoms with E-state index in [1.165, 1.54) is 35.2 Å². The minimum atomic E-state index is -4.57. The molecule has 2 aromatic carbocycles. The smallest absolute Gasteiger partial charge is 0.368 e. The molecule has 0 radical (unpaired) electrons. The monoisotopic (exact) mass is 526 g/mol. The van der Waals surface area contributed by atoms with Crippen LogP contribution < -0.4 is 9.80 Å². The van der Waals surface area contributed by atoms with E-state index < -0.39 is 29.6 Å². The molecule has 1 saturated heterocycles. The van der Waals surface area contributed by atoms with Crippen molar-refractivity contribution in [2.24, 2.45) is 7.05 Å². The van der Waals surface area contributed by atoms with Crippen molar-refractivity contribution >= 4 is 17.5 Å². The number of hydrogen-bond acceptors (Lipinski definition) is 4. The van der Waals surface area contributed by atoms with Gasteiger partial charge in [-0.25, -0.2) is 9.18 Å². The number of para-hydroxylation sites is 1. The fourth-order valence-electron chi connectivity index (χ4n) is 5.54. The van der Waals surface area contributed by atoms with E-state index in [1.54, 1.807) is 35.8 Å². The number of aryl methyl sites for hydroxylation is 1. The second-order valence-corrected chi connectivity index (χ2v) is 9.66. The largest absolute Gasteiger partial charge is 0.416 e. The van der Waals surface area contributed by atoms with Crippen LogP contribution in [-0.4, -0.2) is 39.8 Å². The van der Waals surface area contributed by atoms with Gasteiger partial charge in [-0.1, -0.05) is 24.3 Å². The lowest BCUT2D eigenvalue weighted by Gasteiger charge is -2.44. The third-order valence-electron chi connectivity index (χ3n) is 7.34. The molecule has 1 fully saturated rings. The van der Waals surface area contributed by atoms with Gasteiger partial charge in [0.2, 0.25) is 0 Å². The van der Waals surface area contributed by atoms with Gasteiger partial charge in [-0.2, -0.15) is 23.5 Å². The summed E-state index contributed by atoms with van der Waals surface area (Å²) in [7, 11) is 1.71. The van der Waals surface area contributed by atoms with Crippen molar-refractivity contribution in [1.82, 2.24) is 14.7 Å². The number of piperidine rings is 1. The summed E-state index contributed by atoms with van der Waals surface area (Å²) in [5, 5.41) is 13.8. The Kier molecular flexibility index (Phi) is 6.51. The highest BCUT2D eigenvalue weighted by Gasteiger charge is 2.43. The zero-order valence-electron chi connectivity index (χ0n) is 20.9. The molecular formula is C27H26F4N6O. The summed E-state index contributed by atoms with van der Waals surface area (Å²) in [6, 6.07) is 10.1. The molecule has 38 heavy (non-hydrogen) atoms. The maximum Gasteiger partial charge on any atom is 0.416 e. The Bertz CT molecular complexity index is 1400. The number of benzene rings is 2. The van der Waals surface area contributed by atoms with Crippen molar-refractivity contribution in [3.63, 3.8) is 0 Å². The van der Waals surface area contributed by atoms with Crippen LogP contribution in [0.4, 0.5) is 33.9 Å². The lowest BCUT2D eigenvalue weighted by Crippen LogP contribution is -2.55. The van der Waals surface area contributed by atoms with Crippen LogP contribution in [0.5, 0.6) is 0 Å². The second kappa shape index (κ2) is 9.67. The van der Waals surface area contributed by atoms with Crippen LogP contribution in [-0.2, 0) is 19.8 Å². The molecule has 1 aromatic heterocycles. The molecule has 3 aromatic rings. The lowest BCUT2D eigenvalue weighted by atomic mass is 9.97. The summed E-state index contributed by atoms with van der Waals surface area (Å²) >= 11 is 0. The summed E-state index contributed by atoms with van der Waals surface area (Å²) in [5.74, 6) is -0.124. The molecule has 11 heteroatoms. The minimum absolute atomic E-state index is 0.00907. The van der Waals surface area contributed by atoms with E-state index in [-0.39, 0.29) is 29.4 Å². The minimum Gasteiger partial charge on any atom is -0.368 e. The molecule has 198 valence electrons. The quantitative estimate of drug-likeness (QED) is 0.414. The van der Waals surface area contributed by atoms with Gasteiger partial charge in [-0.05, 0) is 43.5 Å². The number of hydrogen-bond donors (Lipinski definition) is 0. The molecule has 7 nitrogen and oxygen atoms in total. The predicted octanol–water partition coefficient (Wildman–Crippen LogP) is 5.62. The SMILES string of the molecule is C[C@H](c1ccccc1C(F)(F)F)N1C(=O)N(C2CCN(c3c(F)cccc3C#N)CC2)Cc2cn(C)nc21. The first-order valence-electron chi connectivity index (χ1n) is 12.3. The van der Waals surface area contributed by atoms with Crippen molar-refractivity contribution in [3.8, 4) is 6.07 Å². The predicted molar refractivity (Wildman–Crippen MR) is 133 cm³/mol. The molecule has 0 aliphatic carbocycles. The highest BCUT2D eigenvalue weighted by molar-refractivity contribution is 5.94. The number of fused-ring (bicyclic) bond motifs is 1. The van der Waals surface area contributed by atoms with Crippen molar-refractivity contribution in [2.45, 2.75) is 44.6 Å². The molecule has 0 spiro atoms. The standard InChI is InChI=1S/C27H26F4N6O/c1-17(21-7-3-4-8-22(21)27(29,30)31)37-25-19(15-34(2)33-25)16-36(26(37)38)20-10-12-35(13-11-20)24-18(14-32)6-5-9-23(24)28/h3-9,15,17,20H,10-13,16H2,1-2H3/t17-/m1/s1. The van der Waals surface area contributed by atoms with Crippen molar-refractivity contribution in [1.29, 1.82) is 5.26 Å². The fraction of sp³-hybridized carbons (Fsp3) is 0.370. The average molecular weight is 527 g/mol. The van der Waals surface area contributed by atoms with Crippen LogP contribution >= 0.6 is 0 Å². The van der Waals surface area contributed by atoms with Crippen LogP contribution in [0, 0.1) is 17.1 Å². The van der Waals surface area contributed by atoms with Crippen LogP contribution in [0.3, 0.4) is 0 Å². The molecule has 2 aliphatic heterocycles. The van der Waals surface area contributed by atoms with E-state index in [4.69, 9.17) is 0 Å². The number of halogens is 4. The molecule has 1 atom stereocenters. The van der Waals surface area contributed by atoms with Crippen LogP contribution in [0.1, 0.15) is 48.1 Å². The van der Waals surface area contributed by atoms with Gasteiger partial charge in [0, 0.05) is 37.9 Å². The molecule has 5 rings (SSSR count). The average Bonchev–Trinajstić information content (AvgIpc) is 3.27. The van der Waals surface area contributed by atoms with Crippen LogP contribution in [0.15, 0.2) is 48.7 Å². The topological polar surface area (TPSA) is 68.4 Å². The molecular weight excluding hydrogens is 500 g/mol. The summed E-state index contributed by atoms with van der Waals surface area (Å²) in [5.41, 5.74) is 0.450. The maximum absolute atomic E-state index is 14.6. The number of carbonyl (C=O) groups is 1. The molecule has 0 saturated carbocycles. The molecule has 2 amide bonds. The zero-order valence-corrected chi connectivity index (χ0v) is 20.9. The Balaban J connectivity index is 1.43. The highest BCUT2D eigenvalue weighted by Crippen LogP contribution is 2.41. The van der Waals surface area contributed by atoms with Crippen molar-refractivity contribution in [2.75, 3.05) is 22.9 Å². The number of rotatable bonds is 4. The van der Waals surface area contributed by atoms with Gasteiger partial charge in [0.1, 0.15) is 11.9 Å². The Morgan fingerprint density at radius 1 is 1.11 bits per heavy atom. The number of aromatic nitrogens is 2. The van der Waals surface area contributed by atoms with E-state index >= 15 is 0 Å². The van der Waals surface area contributed by atoms with Gasteiger partial charge < -0.3 is 9.80 Å². The number of alkyl halides is 3. The van der Waals surface area contributed by atoms with Gasteiger partial charge in [0.05, 0.1) is 29.4 Å². The third kappa shape index (κ3) is 4.44. The van der Waals surface area contributed by atoms with Gasteiger partial charge in [-0.3, -0.25) is 9.58 Å².